The Morgan fingerprint density at radius 2 is 1.57 bits per heavy atom. The van der Waals surface area contributed by atoms with Gasteiger partial charge in [0.15, 0.2) is 0 Å². The second-order valence-corrected chi connectivity index (χ2v) is 7.95. The van der Waals surface area contributed by atoms with Crippen LogP contribution in [0.4, 0.5) is 5.95 Å². The van der Waals surface area contributed by atoms with Gasteiger partial charge in [-0.1, -0.05) is 29.8 Å². The van der Waals surface area contributed by atoms with Gasteiger partial charge in [0.2, 0.25) is 11.9 Å². The molecule has 1 amide bonds. The maximum absolute atomic E-state index is 12.6. The van der Waals surface area contributed by atoms with Crippen LogP contribution in [0.25, 0.3) is 0 Å². The number of benzene rings is 1. The van der Waals surface area contributed by atoms with Crippen LogP contribution >= 0.6 is 0 Å². The summed E-state index contributed by atoms with van der Waals surface area (Å²) in [4.78, 5) is 28.1. The Morgan fingerprint density at radius 1 is 0.857 bits per heavy atom. The van der Waals surface area contributed by atoms with E-state index in [1.807, 2.05) is 17.3 Å². The minimum atomic E-state index is 0.192. The molecule has 0 bridgehead atoms. The molecule has 0 atom stereocenters. The molecule has 148 valence electrons. The monoisotopic (exact) mass is 379 g/mol. The van der Waals surface area contributed by atoms with Gasteiger partial charge in [0.05, 0.1) is 6.54 Å². The van der Waals surface area contributed by atoms with E-state index in [0.717, 1.165) is 44.2 Å². The van der Waals surface area contributed by atoms with Gasteiger partial charge < -0.3 is 9.80 Å². The Hall–Kier alpha value is -2.47. The van der Waals surface area contributed by atoms with Gasteiger partial charge in [0.1, 0.15) is 0 Å². The molecule has 3 heterocycles. The van der Waals surface area contributed by atoms with Crippen LogP contribution in [0.2, 0.25) is 0 Å². The molecule has 1 aromatic carbocycles. The smallest absolute Gasteiger partial charge is 0.237 e. The minimum Gasteiger partial charge on any atom is -0.341 e. The van der Waals surface area contributed by atoms with Crippen LogP contribution in [0, 0.1) is 6.92 Å². The first kappa shape index (κ1) is 18.9. The lowest BCUT2D eigenvalue weighted by atomic mass is 10.1. The van der Waals surface area contributed by atoms with Crippen molar-refractivity contribution < 1.29 is 4.79 Å². The number of carbonyl (C=O) groups excluding carboxylic acids is 1. The third kappa shape index (κ3) is 4.68. The van der Waals surface area contributed by atoms with Crippen molar-refractivity contribution in [1.29, 1.82) is 0 Å². The van der Waals surface area contributed by atoms with Crippen molar-refractivity contribution in [3.8, 4) is 0 Å². The van der Waals surface area contributed by atoms with E-state index >= 15 is 0 Å². The van der Waals surface area contributed by atoms with Gasteiger partial charge in [-0.05, 0) is 31.7 Å². The summed E-state index contributed by atoms with van der Waals surface area (Å²) in [5.74, 6) is 1.03. The number of carbonyl (C=O) groups is 1. The zero-order chi connectivity index (χ0) is 19.3. The summed E-state index contributed by atoms with van der Waals surface area (Å²) in [5.41, 5.74) is 3.50. The molecule has 2 fully saturated rings. The van der Waals surface area contributed by atoms with E-state index in [1.165, 1.54) is 30.4 Å². The molecule has 0 N–H and O–H groups in total. The van der Waals surface area contributed by atoms with Crippen molar-refractivity contribution in [3.63, 3.8) is 0 Å². The van der Waals surface area contributed by atoms with E-state index in [1.54, 1.807) is 0 Å². The van der Waals surface area contributed by atoms with Gasteiger partial charge in [0, 0.05) is 57.2 Å². The highest BCUT2D eigenvalue weighted by atomic mass is 16.2. The first-order valence-electron chi connectivity index (χ1n) is 10.3. The highest BCUT2D eigenvalue weighted by molar-refractivity contribution is 5.79. The molecular weight excluding hydrogens is 350 g/mol. The number of rotatable bonds is 5. The maximum Gasteiger partial charge on any atom is 0.237 e. The maximum atomic E-state index is 12.6. The van der Waals surface area contributed by atoms with Crippen molar-refractivity contribution in [2.45, 2.75) is 39.3 Å². The highest BCUT2D eigenvalue weighted by Gasteiger charge is 2.24. The van der Waals surface area contributed by atoms with Crippen molar-refractivity contribution in [2.75, 3.05) is 37.6 Å². The lowest BCUT2D eigenvalue weighted by Gasteiger charge is -2.34. The Morgan fingerprint density at radius 3 is 2.25 bits per heavy atom. The Kier molecular flexibility index (Phi) is 5.86. The molecule has 6 nitrogen and oxygen atoms in total. The number of nitrogens with zero attached hydrogens (tertiary/aromatic N) is 5. The van der Waals surface area contributed by atoms with Gasteiger partial charge in [-0.2, -0.15) is 0 Å². The number of hydrogen-bond donors (Lipinski definition) is 0. The summed E-state index contributed by atoms with van der Waals surface area (Å²) in [5, 5.41) is 0. The molecule has 4 rings (SSSR count). The average Bonchev–Trinajstić information content (AvgIpc) is 2.73. The van der Waals surface area contributed by atoms with Crippen LogP contribution in [0.15, 0.2) is 36.7 Å². The van der Waals surface area contributed by atoms with Crippen molar-refractivity contribution >= 4 is 11.9 Å². The zero-order valence-electron chi connectivity index (χ0n) is 16.7. The van der Waals surface area contributed by atoms with Crippen LogP contribution < -0.4 is 4.90 Å². The van der Waals surface area contributed by atoms with Crippen LogP contribution in [-0.4, -0.2) is 58.4 Å². The highest BCUT2D eigenvalue weighted by Crippen LogP contribution is 2.16. The number of anilines is 1. The molecule has 6 heteroatoms. The van der Waals surface area contributed by atoms with Gasteiger partial charge in [-0.3, -0.25) is 9.69 Å². The lowest BCUT2D eigenvalue weighted by Crippen LogP contribution is -2.49. The number of piperazine rings is 1. The minimum absolute atomic E-state index is 0.192. The molecule has 0 aliphatic carbocycles. The number of hydrogen-bond acceptors (Lipinski definition) is 5. The van der Waals surface area contributed by atoms with Crippen LogP contribution in [-0.2, 0) is 17.9 Å². The summed E-state index contributed by atoms with van der Waals surface area (Å²) in [6.07, 6.45) is 7.58. The summed E-state index contributed by atoms with van der Waals surface area (Å²) in [6.45, 7) is 7.71. The Balaban J connectivity index is 1.29. The van der Waals surface area contributed by atoms with Gasteiger partial charge in [0.25, 0.3) is 0 Å². The fraction of sp³-hybridized carbons (Fsp3) is 0.500. The Bertz CT molecular complexity index is 784. The molecule has 2 saturated heterocycles. The van der Waals surface area contributed by atoms with Crippen molar-refractivity contribution in [3.05, 3.63) is 53.3 Å². The summed E-state index contributed by atoms with van der Waals surface area (Å²) < 4.78 is 0. The van der Waals surface area contributed by atoms with E-state index in [2.05, 4.69) is 51.0 Å². The topological polar surface area (TPSA) is 52.6 Å². The van der Waals surface area contributed by atoms with Crippen LogP contribution in [0.5, 0.6) is 0 Å². The molecule has 2 aliphatic rings. The zero-order valence-corrected chi connectivity index (χ0v) is 16.7. The first-order valence-corrected chi connectivity index (χ1v) is 10.3. The average molecular weight is 380 g/mol. The van der Waals surface area contributed by atoms with E-state index < -0.39 is 0 Å². The number of amides is 1. The third-order valence-electron chi connectivity index (χ3n) is 5.63. The predicted octanol–water partition coefficient (Wildman–Crippen LogP) is 2.62. The quantitative estimate of drug-likeness (QED) is 0.799. The fourth-order valence-electron chi connectivity index (χ4n) is 3.92. The first-order chi connectivity index (χ1) is 13.7. The molecule has 2 aliphatic heterocycles. The van der Waals surface area contributed by atoms with Crippen molar-refractivity contribution in [1.82, 2.24) is 19.8 Å². The second kappa shape index (κ2) is 8.69. The molecular formula is C22H29N5O. The van der Waals surface area contributed by atoms with E-state index in [0.29, 0.717) is 13.1 Å². The number of aryl methyl sites for hydroxylation is 1. The predicted molar refractivity (Wildman–Crippen MR) is 110 cm³/mol. The molecule has 2 aromatic rings. The standard InChI is InChI=1S/C22H29N5O/c1-18-5-7-19(8-6-18)16-27-12-11-25(17-21(27)28)15-20-13-23-22(24-14-20)26-9-3-2-4-10-26/h5-8,13-14H,2-4,9-12,15-17H2,1H3. The van der Waals surface area contributed by atoms with Gasteiger partial charge in [-0.15, -0.1) is 0 Å². The molecule has 0 unspecified atom stereocenters. The number of piperidine rings is 1. The lowest BCUT2D eigenvalue weighted by molar-refractivity contribution is -0.136. The molecule has 0 saturated carbocycles. The molecule has 28 heavy (non-hydrogen) atoms. The SMILES string of the molecule is Cc1ccc(CN2CCN(Cc3cnc(N4CCCCC4)nc3)CC2=O)cc1. The third-order valence-corrected chi connectivity index (χ3v) is 5.63. The normalized spacial score (nSPS) is 18.5. The second-order valence-electron chi connectivity index (χ2n) is 7.95. The van der Waals surface area contributed by atoms with E-state index in [4.69, 9.17) is 0 Å². The Labute approximate surface area is 167 Å². The molecule has 0 radical (unpaired) electrons. The summed E-state index contributed by atoms with van der Waals surface area (Å²) in [6, 6.07) is 8.42. The van der Waals surface area contributed by atoms with Gasteiger partial charge >= 0.3 is 0 Å². The molecule has 0 spiro atoms. The summed E-state index contributed by atoms with van der Waals surface area (Å²) in [7, 11) is 0. The largest absolute Gasteiger partial charge is 0.341 e. The van der Waals surface area contributed by atoms with Crippen LogP contribution in [0.3, 0.4) is 0 Å². The van der Waals surface area contributed by atoms with E-state index in [9.17, 15) is 4.79 Å². The van der Waals surface area contributed by atoms with Crippen LogP contribution in [0.1, 0.15) is 36.0 Å². The fourth-order valence-corrected chi connectivity index (χ4v) is 3.92. The van der Waals surface area contributed by atoms with Gasteiger partial charge in [-0.25, -0.2) is 9.97 Å². The number of aromatic nitrogens is 2. The summed E-state index contributed by atoms with van der Waals surface area (Å²) >= 11 is 0. The molecule has 1 aromatic heterocycles. The van der Waals surface area contributed by atoms with E-state index in [-0.39, 0.29) is 5.91 Å². The van der Waals surface area contributed by atoms with Crippen molar-refractivity contribution in [2.24, 2.45) is 0 Å².